The van der Waals surface area contributed by atoms with Crippen LogP contribution < -0.4 is 5.32 Å². The molecule has 3 heterocycles. The Bertz CT molecular complexity index is 873. The molecule has 2 aromatic rings. The molecule has 0 spiro atoms. The number of aromatic amines is 1. The first-order valence-corrected chi connectivity index (χ1v) is 8.27. The maximum absolute atomic E-state index is 12.8. The van der Waals surface area contributed by atoms with Gasteiger partial charge in [-0.05, 0) is 24.5 Å². The molecule has 7 heteroatoms. The summed E-state index contributed by atoms with van der Waals surface area (Å²) in [5.74, 6) is -1.51. The Balaban J connectivity index is 1.71. The van der Waals surface area contributed by atoms with E-state index in [0.29, 0.717) is 12.4 Å². The van der Waals surface area contributed by atoms with Crippen LogP contribution in [-0.4, -0.2) is 39.2 Å². The fourth-order valence-electron chi connectivity index (χ4n) is 3.75. The molecule has 7 nitrogen and oxygen atoms in total. The molecule has 1 saturated heterocycles. The van der Waals surface area contributed by atoms with E-state index in [-0.39, 0.29) is 18.1 Å². The number of Topliss-reactive ketones (excluding diaryl/α,β-unsaturated/α-hetero) is 1. The van der Waals surface area contributed by atoms with Crippen molar-refractivity contribution in [1.82, 2.24) is 15.1 Å². The van der Waals surface area contributed by atoms with E-state index in [1.54, 1.807) is 11.0 Å². The van der Waals surface area contributed by atoms with Crippen molar-refractivity contribution < 1.29 is 14.4 Å². The van der Waals surface area contributed by atoms with Gasteiger partial charge < -0.3 is 10.2 Å². The highest BCUT2D eigenvalue weighted by molar-refractivity contribution is 6.14. The van der Waals surface area contributed by atoms with Crippen molar-refractivity contribution in [3.8, 4) is 0 Å². The van der Waals surface area contributed by atoms with Crippen molar-refractivity contribution in [1.29, 1.82) is 0 Å². The van der Waals surface area contributed by atoms with E-state index in [1.165, 1.54) is 0 Å². The molecule has 0 unspecified atom stereocenters. The average Bonchev–Trinajstić information content (AvgIpc) is 2.99. The Morgan fingerprint density at radius 2 is 2.12 bits per heavy atom. The number of H-pyrrole nitrogens is 1. The smallest absolute Gasteiger partial charge is 0.238 e. The lowest BCUT2D eigenvalue weighted by atomic mass is 9.78. The highest BCUT2D eigenvalue weighted by atomic mass is 16.2. The van der Waals surface area contributed by atoms with E-state index >= 15 is 0 Å². The van der Waals surface area contributed by atoms with E-state index in [1.807, 2.05) is 31.2 Å². The lowest BCUT2D eigenvalue weighted by molar-refractivity contribution is -0.150. The topological polar surface area (TPSA) is 95.2 Å². The summed E-state index contributed by atoms with van der Waals surface area (Å²) in [6.07, 6.45) is 0.510. The van der Waals surface area contributed by atoms with E-state index in [2.05, 4.69) is 15.5 Å². The van der Waals surface area contributed by atoms with E-state index < -0.39 is 17.9 Å². The summed E-state index contributed by atoms with van der Waals surface area (Å²) < 4.78 is 0. The molecule has 1 fully saturated rings. The van der Waals surface area contributed by atoms with Gasteiger partial charge in [-0.1, -0.05) is 24.3 Å². The van der Waals surface area contributed by atoms with Gasteiger partial charge in [0.1, 0.15) is 5.92 Å². The number of piperidine rings is 1. The number of carbonyl (C=O) groups is 3. The molecule has 2 aliphatic heterocycles. The van der Waals surface area contributed by atoms with E-state index in [9.17, 15) is 14.4 Å². The number of anilines is 1. The number of nitrogens with zero attached hydrogens (tertiary/aromatic N) is 2. The second-order valence-corrected chi connectivity index (χ2v) is 6.53. The molecule has 4 rings (SSSR count). The van der Waals surface area contributed by atoms with Gasteiger partial charge in [0.25, 0.3) is 0 Å². The number of fused-ring (bicyclic) bond motifs is 3. The standard InChI is InChI=1S/C18H18N4O3/c1-10-8-14(21-20-10)19-18(25)16-13(23)9-15(24)22-7-6-11-4-2-3-5-12(11)17(16)22/h2-5,8,16-17H,6-7,9H2,1H3,(H2,19,20,21,25)/t16-,17+/m1/s1. The van der Waals surface area contributed by atoms with Crippen LogP contribution >= 0.6 is 0 Å². The molecule has 25 heavy (non-hydrogen) atoms. The number of hydrogen-bond acceptors (Lipinski definition) is 4. The van der Waals surface area contributed by atoms with Crippen LogP contribution in [0.2, 0.25) is 0 Å². The van der Waals surface area contributed by atoms with E-state index in [4.69, 9.17) is 0 Å². The maximum atomic E-state index is 12.8. The van der Waals surface area contributed by atoms with Crippen LogP contribution in [0.1, 0.15) is 29.3 Å². The highest BCUT2D eigenvalue weighted by Gasteiger charge is 2.47. The minimum Gasteiger partial charge on any atom is -0.334 e. The predicted octanol–water partition coefficient (Wildman–Crippen LogP) is 1.37. The Labute approximate surface area is 144 Å². The number of amides is 2. The van der Waals surface area contributed by atoms with Crippen molar-refractivity contribution in [2.45, 2.75) is 25.8 Å². The van der Waals surface area contributed by atoms with Gasteiger partial charge in [-0.2, -0.15) is 5.10 Å². The third kappa shape index (κ3) is 2.61. The van der Waals surface area contributed by atoms with Crippen LogP contribution in [0, 0.1) is 12.8 Å². The number of benzene rings is 1. The lowest BCUT2D eigenvalue weighted by Crippen LogP contribution is -2.53. The van der Waals surface area contributed by atoms with Crippen LogP contribution in [0.15, 0.2) is 30.3 Å². The first-order chi connectivity index (χ1) is 12.0. The van der Waals surface area contributed by atoms with Crippen molar-refractivity contribution >= 4 is 23.4 Å². The maximum Gasteiger partial charge on any atom is 0.238 e. The fourth-order valence-corrected chi connectivity index (χ4v) is 3.75. The quantitative estimate of drug-likeness (QED) is 0.809. The van der Waals surface area contributed by atoms with Crippen molar-refractivity contribution in [2.24, 2.45) is 5.92 Å². The Morgan fingerprint density at radius 3 is 2.88 bits per heavy atom. The summed E-state index contributed by atoms with van der Waals surface area (Å²) in [6, 6.07) is 8.85. The molecule has 2 atom stereocenters. The highest BCUT2D eigenvalue weighted by Crippen LogP contribution is 2.40. The first kappa shape index (κ1) is 15.6. The second-order valence-electron chi connectivity index (χ2n) is 6.53. The molecule has 0 bridgehead atoms. The van der Waals surface area contributed by atoms with Crippen molar-refractivity contribution in [3.05, 3.63) is 47.2 Å². The summed E-state index contributed by atoms with van der Waals surface area (Å²) in [4.78, 5) is 39.4. The number of rotatable bonds is 2. The van der Waals surface area contributed by atoms with Crippen molar-refractivity contribution in [2.75, 3.05) is 11.9 Å². The van der Waals surface area contributed by atoms with Crippen LogP contribution in [0.3, 0.4) is 0 Å². The minimum atomic E-state index is -0.920. The van der Waals surface area contributed by atoms with Gasteiger partial charge in [0.05, 0.1) is 12.5 Å². The molecular formula is C18H18N4O3. The second kappa shape index (κ2) is 5.84. The van der Waals surface area contributed by atoms with E-state index in [0.717, 1.165) is 23.2 Å². The van der Waals surface area contributed by atoms with Crippen LogP contribution in [0.4, 0.5) is 5.82 Å². The molecule has 2 amide bonds. The van der Waals surface area contributed by atoms with Gasteiger partial charge >= 0.3 is 0 Å². The Morgan fingerprint density at radius 1 is 1.32 bits per heavy atom. The van der Waals surface area contributed by atoms with Gasteiger partial charge in [-0.25, -0.2) is 0 Å². The summed E-state index contributed by atoms with van der Waals surface area (Å²) in [5.41, 5.74) is 2.78. The molecule has 1 aromatic carbocycles. The molecule has 2 aliphatic rings. The SMILES string of the molecule is Cc1cc(NC(=O)[C@@H]2C(=O)CC(=O)N3CCc4ccccc4[C@@H]23)n[nH]1. The minimum absolute atomic E-state index is 0.204. The van der Waals surface area contributed by atoms with Crippen LogP contribution in [0.25, 0.3) is 0 Å². The lowest BCUT2D eigenvalue weighted by Gasteiger charge is -2.43. The zero-order chi connectivity index (χ0) is 17.6. The van der Waals surface area contributed by atoms with Crippen LogP contribution in [-0.2, 0) is 20.8 Å². The molecule has 128 valence electrons. The van der Waals surface area contributed by atoms with Gasteiger partial charge in [0, 0.05) is 18.3 Å². The van der Waals surface area contributed by atoms with Gasteiger partial charge in [-0.15, -0.1) is 0 Å². The summed E-state index contributed by atoms with van der Waals surface area (Å²) >= 11 is 0. The number of ketones is 1. The molecular weight excluding hydrogens is 320 g/mol. The summed E-state index contributed by atoms with van der Waals surface area (Å²) in [7, 11) is 0. The third-order valence-corrected chi connectivity index (χ3v) is 4.88. The zero-order valence-electron chi connectivity index (χ0n) is 13.8. The number of nitrogens with one attached hydrogen (secondary N) is 2. The average molecular weight is 338 g/mol. The molecule has 0 aliphatic carbocycles. The van der Waals surface area contributed by atoms with Crippen molar-refractivity contribution in [3.63, 3.8) is 0 Å². The van der Waals surface area contributed by atoms with Gasteiger partial charge in [0.2, 0.25) is 11.8 Å². The summed E-state index contributed by atoms with van der Waals surface area (Å²) in [5, 5.41) is 9.44. The largest absolute Gasteiger partial charge is 0.334 e. The Kier molecular flexibility index (Phi) is 3.63. The first-order valence-electron chi connectivity index (χ1n) is 8.27. The van der Waals surface area contributed by atoms with Crippen LogP contribution in [0.5, 0.6) is 0 Å². The predicted molar refractivity (Wildman–Crippen MR) is 89.7 cm³/mol. The Hall–Kier alpha value is -2.96. The molecule has 2 N–H and O–H groups in total. The number of aryl methyl sites for hydroxylation is 1. The fraction of sp³-hybridized carbons (Fsp3) is 0.333. The third-order valence-electron chi connectivity index (χ3n) is 4.88. The molecule has 0 saturated carbocycles. The van der Waals surface area contributed by atoms with Gasteiger partial charge in [-0.3, -0.25) is 19.5 Å². The number of hydrogen-bond donors (Lipinski definition) is 2. The van der Waals surface area contributed by atoms with Gasteiger partial charge in [0.15, 0.2) is 11.6 Å². The zero-order valence-corrected chi connectivity index (χ0v) is 13.8. The number of aromatic nitrogens is 2. The number of carbonyl (C=O) groups excluding carboxylic acids is 3. The monoisotopic (exact) mass is 338 g/mol. The summed E-state index contributed by atoms with van der Waals surface area (Å²) in [6.45, 7) is 2.35. The normalized spacial score (nSPS) is 22.4. The molecule has 1 aromatic heterocycles. The molecule has 0 radical (unpaired) electrons.